The number of alkyl halides is 3. The summed E-state index contributed by atoms with van der Waals surface area (Å²) < 4.78 is 37.7. The molecule has 0 saturated carbocycles. The molecule has 7 heteroatoms. The summed E-state index contributed by atoms with van der Waals surface area (Å²) in [6.45, 7) is -0.0127. The average molecular weight is 250 g/mol. The molecule has 0 heterocycles. The van der Waals surface area contributed by atoms with E-state index in [9.17, 15) is 13.2 Å². The maximum absolute atomic E-state index is 12.6. The highest BCUT2D eigenvalue weighted by molar-refractivity contribution is 6.30. The van der Waals surface area contributed by atoms with Crippen molar-refractivity contribution in [3.8, 4) is 0 Å². The fourth-order valence-electron chi connectivity index (χ4n) is 1.25. The number of hydrogen-bond donors (Lipinski definition) is 0. The van der Waals surface area contributed by atoms with Gasteiger partial charge in [0.25, 0.3) is 0 Å². The van der Waals surface area contributed by atoms with Crippen LogP contribution in [0.25, 0.3) is 10.4 Å². The first-order chi connectivity index (χ1) is 7.45. The number of benzene rings is 1. The molecule has 1 aromatic carbocycles. The minimum Gasteiger partial charge on any atom is -0.166 e. The van der Waals surface area contributed by atoms with E-state index in [1.165, 1.54) is 12.1 Å². The van der Waals surface area contributed by atoms with Gasteiger partial charge in [-0.05, 0) is 29.6 Å². The topological polar surface area (TPSA) is 48.8 Å². The fraction of sp³-hybridized carbons (Fsp3) is 0.333. The van der Waals surface area contributed by atoms with Gasteiger partial charge in [-0.15, -0.1) is 0 Å². The Morgan fingerprint density at radius 2 is 2.06 bits per heavy atom. The Kier molecular flexibility index (Phi) is 4.04. The molecule has 86 valence electrons. The maximum Gasteiger partial charge on any atom is 0.416 e. The lowest BCUT2D eigenvalue weighted by atomic mass is 10.0. The minimum absolute atomic E-state index is 0.0127. The van der Waals surface area contributed by atoms with E-state index in [0.29, 0.717) is 0 Å². The van der Waals surface area contributed by atoms with Crippen molar-refractivity contribution in [1.29, 1.82) is 0 Å². The normalized spacial score (nSPS) is 11.0. The number of nitrogens with zero attached hydrogens (tertiary/aromatic N) is 3. The monoisotopic (exact) mass is 249 g/mol. The van der Waals surface area contributed by atoms with E-state index >= 15 is 0 Å². The Labute approximate surface area is 94.5 Å². The van der Waals surface area contributed by atoms with Crippen LogP contribution in [0.5, 0.6) is 0 Å². The maximum atomic E-state index is 12.6. The van der Waals surface area contributed by atoms with Crippen LogP contribution in [0.15, 0.2) is 23.3 Å². The summed E-state index contributed by atoms with van der Waals surface area (Å²) in [4.78, 5) is 2.48. The molecule has 0 fully saturated rings. The van der Waals surface area contributed by atoms with E-state index in [0.717, 1.165) is 6.07 Å². The third-order valence-corrected chi connectivity index (χ3v) is 2.16. The van der Waals surface area contributed by atoms with Gasteiger partial charge in [-0.2, -0.15) is 13.2 Å². The van der Waals surface area contributed by atoms with Crippen LogP contribution < -0.4 is 0 Å². The largest absolute Gasteiger partial charge is 0.416 e. The molecule has 0 unspecified atom stereocenters. The van der Waals surface area contributed by atoms with Crippen LogP contribution >= 0.6 is 11.6 Å². The van der Waals surface area contributed by atoms with Gasteiger partial charge in [0, 0.05) is 16.5 Å². The standard InChI is InChI=1S/C9H7ClF3N3/c10-7-2-1-6(3-4-15-16-14)8(5-7)9(11,12)13/h1-2,5H,3-4H2. The molecule has 0 amide bonds. The minimum atomic E-state index is -4.45. The van der Waals surface area contributed by atoms with Gasteiger partial charge < -0.3 is 0 Å². The molecule has 0 aliphatic heterocycles. The summed E-state index contributed by atoms with van der Waals surface area (Å²) in [5.41, 5.74) is 7.32. The van der Waals surface area contributed by atoms with Crippen molar-refractivity contribution in [2.75, 3.05) is 6.54 Å². The Bertz CT molecular complexity index is 424. The Morgan fingerprint density at radius 3 is 2.62 bits per heavy atom. The number of azide groups is 1. The van der Waals surface area contributed by atoms with E-state index in [1.54, 1.807) is 0 Å². The lowest BCUT2D eigenvalue weighted by Gasteiger charge is -2.12. The van der Waals surface area contributed by atoms with Crippen molar-refractivity contribution < 1.29 is 13.2 Å². The molecule has 1 aromatic rings. The van der Waals surface area contributed by atoms with E-state index in [4.69, 9.17) is 17.1 Å². The lowest BCUT2D eigenvalue weighted by molar-refractivity contribution is -0.138. The van der Waals surface area contributed by atoms with Crippen LogP contribution in [0.4, 0.5) is 13.2 Å². The van der Waals surface area contributed by atoms with Crippen LogP contribution in [0.1, 0.15) is 11.1 Å². The third kappa shape index (κ3) is 3.32. The molecule has 0 radical (unpaired) electrons. The first kappa shape index (κ1) is 12.7. The van der Waals surface area contributed by atoms with E-state index in [-0.39, 0.29) is 23.6 Å². The van der Waals surface area contributed by atoms with Gasteiger partial charge in [-0.1, -0.05) is 22.8 Å². The smallest absolute Gasteiger partial charge is 0.166 e. The zero-order valence-corrected chi connectivity index (χ0v) is 8.76. The predicted octanol–water partition coefficient (Wildman–Crippen LogP) is 4.21. The quantitative estimate of drug-likeness (QED) is 0.438. The first-order valence-electron chi connectivity index (χ1n) is 4.31. The van der Waals surface area contributed by atoms with Gasteiger partial charge in [-0.3, -0.25) is 0 Å². The zero-order valence-electron chi connectivity index (χ0n) is 8.00. The van der Waals surface area contributed by atoms with Crippen LogP contribution in [-0.4, -0.2) is 6.54 Å². The van der Waals surface area contributed by atoms with Crippen LogP contribution in [0, 0.1) is 0 Å². The number of hydrogen-bond acceptors (Lipinski definition) is 1. The fourth-order valence-corrected chi connectivity index (χ4v) is 1.42. The summed E-state index contributed by atoms with van der Waals surface area (Å²) >= 11 is 5.50. The van der Waals surface area contributed by atoms with Crippen molar-refractivity contribution in [2.45, 2.75) is 12.6 Å². The van der Waals surface area contributed by atoms with Crippen LogP contribution in [0.3, 0.4) is 0 Å². The van der Waals surface area contributed by atoms with Gasteiger partial charge in [0.15, 0.2) is 0 Å². The van der Waals surface area contributed by atoms with Gasteiger partial charge in [-0.25, -0.2) is 0 Å². The number of halogens is 4. The van der Waals surface area contributed by atoms with Crippen LogP contribution in [0.2, 0.25) is 5.02 Å². The van der Waals surface area contributed by atoms with Crippen molar-refractivity contribution in [1.82, 2.24) is 0 Å². The van der Waals surface area contributed by atoms with Crippen molar-refractivity contribution >= 4 is 11.6 Å². The SMILES string of the molecule is [N-]=[N+]=NCCc1ccc(Cl)cc1C(F)(F)F. The molecule has 3 nitrogen and oxygen atoms in total. The van der Waals surface area contributed by atoms with E-state index < -0.39 is 11.7 Å². The van der Waals surface area contributed by atoms with Crippen molar-refractivity contribution in [2.24, 2.45) is 5.11 Å². The molecular weight excluding hydrogens is 243 g/mol. The highest BCUT2D eigenvalue weighted by atomic mass is 35.5. The second-order valence-electron chi connectivity index (χ2n) is 3.00. The summed E-state index contributed by atoms with van der Waals surface area (Å²) in [7, 11) is 0. The second kappa shape index (κ2) is 5.09. The molecule has 0 spiro atoms. The van der Waals surface area contributed by atoms with Crippen LogP contribution in [-0.2, 0) is 12.6 Å². The highest BCUT2D eigenvalue weighted by Crippen LogP contribution is 2.33. The molecule has 0 bridgehead atoms. The number of rotatable bonds is 3. The molecular formula is C9H7ClF3N3. The van der Waals surface area contributed by atoms with Gasteiger partial charge in [0.05, 0.1) is 5.56 Å². The summed E-state index contributed by atoms with van der Waals surface area (Å²) in [5, 5.41) is 3.22. The van der Waals surface area contributed by atoms with Gasteiger partial charge >= 0.3 is 6.18 Å². The summed E-state index contributed by atoms with van der Waals surface area (Å²) in [6, 6.07) is 3.53. The molecule has 0 atom stereocenters. The van der Waals surface area contributed by atoms with E-state index in [1.807, 2.05) is 0 Å². The Balaban J connectivity index is 3.03. The van der Waals surface area contributed by atoms with Crippen molar-refractivity contribution in [3.63, 3.8) is 0 Å². The zero-order chi connectivity index (χ0) is 12.2. The second-order valence-corrected chi connectivity index (χ2v) is 3.44. The van der Waals surface area contributed by atoms with Crippen molar-refractivity contribution in [3.05, 3.63) is 44.8 Å². The molecule has 0 aromatic heterocycles. The first-order valence-corrected chi connectivity index (χ1v) is 4.69. The average Bonchev–Trinajstić information content (AvgIpc) is 2.19. The molecule has 0 saturated heterocycles. The summed E-state index contributed by atoms with van der Waals surface area (Å²) in [6.07, 6.45) is -4.41. The Hall–Kier alpha value is -1.39. The van der Waals surface area contributed by atoms with Gasteiger partial charge in [0.1, 0.15) is 0 Å². The molecule has 0 aliphatic carbocycles. The molecule has 16 heavy (non-hydrogen) atoms. The predicted molar refractivity (Wildman–Crippen MR) is 54.2 cm³/mol. The lowest BCUT2D eigenvalue weighted by Crippen LogP contribution is -2.09. The Morgan fingerprint density at radius 1 is 1.38 bits per heavy atom. The summed E-state index contributed by atoms with van der Waals surface area (Å²) in [5.74, 6) is 0. The molecule has 0 N–H and O–H groups in total. The third-order valence-electron chi connectivity index (χ3n) is 1.92. The van der Waals surface area contributed by atoms with E-state index in [2.05, 4.69) is 10.0 Å². The molecule has 0 aliphatic rings. The molecule has 1 rings (SSSR count). The highest BCUT2D eigenvalue weighted by Gasteiger charge is 2.33. The van der Waals surface area contributed by atoms with Gasteiger partial charge in [0.2, 0.25) is 0 Å².